The van der Waals surface area contributed by atoms with Gasteiger partial charge in [0.1, 0.15) is 0 Å². The van der Waals surface area contributed by atoms with Crippen molar-refractivity contribution in [3.63, 3.8) is 0 Å². The summed E-state index contributed by atoms with van der Waals surface area (Å²) in [5.74, 6) is -1.09. The molecular formula is C22H36N2O2. The van der Waals surface area contributed by atoms with E-state index in [1.807, 2.05) is 31.2 Å². The third kappa shape index (κ3) is 10.2. The number of carbonyl (C=O) groups is 2. The lowest BCUT2D eigenvalue weighted by Crippen LogP contribution is -2.40. The van der Waals surface area contributed by atoms with Crippen LogP contribution >= 0.6 is 0 Å². The Bertz CT molecular complexity index is 529. The van der Waals surface area contributed by atoms with Crippen molar-refractivity contribution in [1.82, 2.24) is 10.6 Å². The average molecular weight is 361 g/mol. The first kappa shape index (κ1) is 22.2. The zero-order valence-corrected chi connectivity index (χ0v) is 16.6. The topological polar surface area (TPSA) is 58.2 Å². The minimum absolute atomic E-state index is 0.386. The van der Waals surface area contributed by atoms with Gasteiger partial charge in [-0.3, -0.25) is 9.59 Å². The average Bonchev–Trinajstić information content (AvgIpc) is 2.65. The van der Waals surface area contributed by atoms with Crippen LogP contribution in [0.25, 0.3) is 0 Å². The predicted octanol–water partition coefficient (Wildman–Crippen LogP) is 4.65. The summed E-state index contributed by atoms with van der Waals surface area (Å²) in [6, 6.07) is 7.84. The lowest BCUT2D eigenvalue weighted by molar-refractivity contribution is -0.139. The molecule has 0 saturated heterocycles. The maximum atomic E-state index is 11.8. The molecule has 0 atom stereocenters. The fourth-order valence-corrected chi connectivity index (χ4v) is 2.96. The molecule has 0 aromatic heterocycles. The number of benzene rings is 1. The summed E-state index contributed by atoms with van der Waals surface area (Å²) in [6.07, 6.45) is 12.6. The van der Waals surface area contributed by atoms with Gasteiger partial charge in [-0.15, -0.1) is 0 Å². The lowest BCUT2D eigenvalue weighted by atomic mass is 10.1. The van der Waals surface area contributed by atoms with E-state index in [1.165, 1.54) is 51.4 Å². The third-order valence-electron chi connectivity index (χ3n) is 4.72. The summed E-state index contributed by atoms with van der Waals surface area (Å²) in [6.45, 7) is 5.20. The van der Waals surface area contributed by atoms with Crippen LogP contribution in [-0.4, -0.2) is 18.4 Å². The van der Waals surface area contributed by atoms with E-state index in [2.05, 4.69) is 17.6 Å². The van der Waals surface area contributed by atoms with E-state index in [0.29, 0.717) is 13.1 Å². The van der Waals surface area contributed by atoms with Gasteiger partial charge in [-0.1, -0.05) is 89.0 Å². The van der Waals surface area contributed by atoms with Crippen molar-refractivity contribution in [1.29, 1.82) is 0 Å². The van der Waals surface area contributed by atoms with E-state index in [-0.39, 0.29) is 0 Å². The molecule has 4 heteroatoms. The normalized spacial score (nSPS) is 10.5. The molecule has 26 heavy (non-hydrogen) atoms. The number of hydrogen-bond donors (Lipinski definition) is 2. The Morgan fingerprint density at radius 2 is 1.31 bits per heavy atom. The van der Waals surface area contributed by atoms with Crippen LogP contribution in [0, 0.1) is 6.92 Å². The molecule has 0 spiro atoms. The molecule has 0 aliphatic rings. The molecule has 1 aromatic carbocycles. The molecule has 4 nitrogen and oxygen atoms in total. The first-order valence-electron chi connectivity index (χ1n) is 10.3. The molecule has 0 saturated carbocycles. The van der Waals surface area contributed by atoms with Crippen LogP contribution in [0.1, 0.15) is 82.3 Å². The fourth-order valence-electron chi connectivity index (χ4n) is 2.96. The van der Waals surface area contributed by atoms with E-state index in [1.54, 1.807) is 0 Å². The van der Waals surface area contributed by atoms with Gasteiger partial charge < -0.3 is 10.6 Å². The van der Waals surface area contributed by atoms with Crippen LogP contribution in [0.4, 0.5) is 0 Å². The van der Waals surface area contributed by atoms with Crippen LogP contribution in [0.3, 0.4) is 0 Å². The molecule has 0 aliphatic heterocycles. The van der Waals surface area contributed by atoms with E-state index in [0.717, 1.165) is 24.0 Å². The molecule has 0 fully saturated rings. The highest BCUT2D eigenvalue weighted by Crippen LogP contribution is 2.10. The zero-order chi connectivity index (χ0) is 19.0. The summed E-state index contributed by atoms with van der Waals surface area (Å²) in [5.41, 5.74) is 2.14. The van der Waals surface area contributed by atoms with Gasteiger partial charge in [-0.25, -0.2) is 0 Å². The van der Waals surface area contributed by atoms with Crippen LogP contribution in [0.2, 0.25) is 0 Å². The molecule has 1 rings (SSSR count). The van der Waals surface area contributed by atoms with Crippen molar-refractivity contribution in [3.8, 4) is 0 Å². The van der Waals surface area contributed by atoms with Crippen molar-refractivity contribution < 1.29 is 9.59 Å². The second kappa shape index (κ2) is 14.3. The van der Waals surface area contributed by atoms with Gasteiger partial charge >= 0.3 is 11.8 Å². The minimum atomic E-state index is -0.555. The largest absolute Gasteiger partial charge is 0.348 e. The van der Waals surface area contributed by atoms with Gasteiger partial charge in [-0.05, 0) is 24.5 Å². The van der Waals surface area contributed by atoms with Gasteiger partial charge in [0, 0.05) is 13.1 Å². The van der Waals surface area contributed by atoms with Gasteiger partial charge in [0.2, 0.25) is 0 Å². The monoisotopic (exact) mass is 360 g/mol. The van der Waals surface area contributed by atoms with Crippen molar-refractivity contribution in [2.24, 2.45) is 0 Å². The summed E-state index contributed by atoms with van der Waals surface area (Å²) < 4.78 is 0. The predicted molar refractivity (Wildman–Crippen MR) is 108 cm³/mol. The number of nitrogens with one attached hydrogen (secondary N) is 2. The summed E-state index contributed by atoms with van der Waals surface area (Å²) >= 11 is 0. The Morgan fingerprint density at radius 1 is 0.769 bits per heavy atom. The van der Waals surface area contributed by atoms with Crippen LogP contribution in [-0.2, 0) is 16.1 Å². The summed E-state index contributed by atoms with van der Waals surface area (Å²) in [5, 5.41) is 5.39. The fraction of sp³-hybridized carbons (Fsp3) is 0.636. The first-order valence-corrected chi connectivity index (χ1v) is 10.3. The molecular weight excluding hydrogens is 324 g/mol. The summed E-state index contributed by atoms with van der Waals surface area (Å²) in [4.78, 5) is 23.6. The molecule has 1 aromatic rings. The van der Waals surface area contributed by atoms with Crippen LogP contribution in [0.5, 0.6) is 0 Å². The Balaban J connectivity index is 1.99. The Hall–Kier alpha value is -1.84. The number of carbonyl (C=O) groups excluding carboxylic acids is 2. The van der Waals surface area contributed by atoms with E-state index in [4.69, 9.17) is 0 Å². The quantitative estimate of drug-likeness (QED) is 0.397. The number of unbranched alkanes of at least 4 members (excludes halogenated alkanes) is 9. The molecule has 0 bridgehead atoms. The standard InChI is InChI=1S/C22H36N2O2/c1-3-4-5-6-7-8-9-10-11-14-17-23-21(25)22(26)24-18-20-16-13-12-15-19(20)2/h12-13,15-16H,3-11,14,17-18H2,1-2H3,(H,23,25)(H,24,26). The Morgan fingerprint density at radius 3 is 1.92 bits per heavy atom. The van der Waals surface area contributed by atoms with Gasteiger partial charge in [0.15, 0.2) is 0 Å². The number of rotatable bonds is 13. The molecule has 0 heterocycles. The van der Waals surface area contributed by atoms with Gasteiger partial charge in [0.25, 0.3) is 0 Å². The molecule has 0 aliphatic carbocycles. The smallest absolute Gasteiger partial charge is 0.309 e. The number of hydrogen-bond acceptors (Lipinski definition) is 2. The van der Waals surface area contributed by atoms with E-state index < -0.39 is 11.8 Å². The highest BCUT2D eigenvalue weighted by atomic mass is 16.2. The zero-order valence-electron chi connectivity index (χ0n) is 16.6. The van der Waals surface area contributed by atoms with Crippen molar-refractivity contribution in [2.45, 2.75) is 84.6 Å². The first-order chi connectivity index (χ1) is 12.6. The van der Waals surface area contributed by atoms with Gasteiger partial charge in [0.05, 0.1) is 0 Å². The van der Waals surface area contributed by atoms with Crippen molar-refractivity contribution in [2.75, 3.05) is 6.54 Å². The minimum Gasteiger partial charge on any atom is -0.348 e. The molecule has 0 unspecified atom stereocenters. The van der Waals surface area contributed by atoms with Gasteiger partial charge in [-0.2, -0.15) is 0 Å². The van der Waals surface area contributed by atoms with E-state index >= 15 is 0 Å². The van der Waals surface area contributed by atoms with Crippen LogP contribution in [0.15, 0.2) is 24.3 Å². The maximum absolute atomic E-state index is 11.8. The maximum Gasteiger partial charge on any atom is 0.309 e. The Labute approximate surface area is 159 Å². The second-order valence-electron chi connectivity index (χ2n) is 7.05. The molecule has 0 radical (unpaired) electrons. The second-order valence-corrected chi connectivity index (χ2v) is 7.05. The summed E-state index contributed by atoms with van der Waals surface area (Å²) in [7, 11) is 0. The lowest BCUT2D eigenvalue weighted by Gasteiger charge is -2.08. The van der Waals surface area contributed by atoms with Crippen molar-refractivity contribution >= 4 is 11.8 Å². The SMILES string of the molecule is CCCCCCCCCCCCNC(=O)C(=O)NCc1ccccc1C. The van der Waals surface area contributed by atoms with Crippen LogP contribution < -0.4 is 10.6 Å². The molecule has 2 amide bonds. The number of aryl methyl sites for hydroxylation is 1. The van der Waals surface area contributed by atoms with Crippen molar-refractivity contribution in [3.05, 3.63) is 35.4 Å². The number of amides is 2. The Kier molecular flexibility index (Phi) is 12.2. The highest BCUT2D eigenvalue weighted by molar-refractivity contribution is 6.35. The molecule has 2 N–H and O–H groups in total. The molecule has 146 valence electrons. The third-order valence-corrected chi connectivity index (χ3v) is 4.72. The highest BCUT2D eigenvalue weighted by Gasteiger charge is 2.12. The van der Waals surface area contributed by atoms with E-state index in [9.17, 15) is 9.59 Å².